The molecule has 0 saturated carbocycles. The van der Waals surface area contributed by atoms with Crippen molar-refractivity contribution in [1.29, 1.82) is 0 Å². The Hall–Kier alpha value is -0.990. The quantitative estimate of drug-likeness (QED) is 0.622. The molecule has 1 aromatic heterocycles. The average molecular weight is 136 g/mol. The Morgan fingerprint density at radius 2 is 2.50 bits per heavy atom. The Labute approximate surface area is 60.5 Å². The summed E-state index contributed by atoms with van der Waals surface area (Å²) in [5, 5.41) is 7.49. The molecule has 0 N–H and O–H groups in total. The van der Waals surface area contributed by atoms with Crippen LogP contribution >= 0.6 is 0 Å². The van der Waals surface area contributed by atoms with Gasteiger partial charge in [0.2, 0.25) is 0 Å². The molecule has 1 heterocycles. The summed E-state index contributed by atoms with van der Waals surface area (Å²) in [5.41, 5.74) is 0.865. The molecule has 0 unspecified atom stereocenters. The molecule has 0 bridgehead atoms. The minimum Gasteiger partial charge on any atom is -0.231 e. The Morgan fingerprint density at radius 1 is 1.60 bits per heavy atom. The second-order valence-electron chi connectivity index (χ2n) is 2.12. The van der Waals surface area contributed by atoms with Gasteiger partial charge in [-0.05, 0) is 12.8 Å². The predicted octanol–water partition coefficient (Wildman–Crippen LogP) is 1.01. The van der Waals surface area contributed by atoms with Crippen LogP contribution in [0.2, 0.25) is 0 Å². The third-order valence-electron chi connectivity index (χ3n) is 1.25. The van der Waals surface area contributed by atoms with Crippen molar-refractivity contribution in [1.82, 2.24) is 15.2 Å². The first-order valence-electron chi connectivity index (χ1n) is 3.47. The molecule has 0 aliphatic heterocycles. The topological polar surface area (TPSA) is 38.7 Å². The van der Waals surface area contributed by atoms with E-state index in [0.29, 0.717) is 0 Å². The molecule has 0 spiro atoms. The highest BCUT2D eigenvalue weighted by Gasteiger charge is 1.92. The lowest BCUT2D eigenvalue weighted by Crippen LogP contribution is -1.93. The van der Waals surface area contributed by atoms with E-state index in [1.807, 2.05) is 0 Å². The Morgan fingerprint density at radius 3 is 3.10 bits per heavy atom. The molecule has 0 aromatic carbocycles. The van der Waals surface area contributed by atoms with Crippen LogP contribution in [0.25, 0.3) is 0 Å². The second kappa shape index (κ2) is 3.93. The fourth-order valence-electron chi connectivity index (χ4n) is 0.697. The molecule has 0 aliphatic carbocycles. The van der Waals surface area contributed by atoms with Crippen molar-refractivity contribution in [3.8, 4) is 0 Å². The summed E-state index contributed by atoms with van der Waals surface area (Å²) in [4.78, 5) is 3.74. The van der Waals surface area contributed by atoms with Crippen LogP contribution < -0.4 is 0 Å². The zero-order valence-corrected chi connectivity index (χ0v) is 6.04. The molecule has 0 aliphatic rings. The lowest BCUT2D eigenvalue weighted by molar-refractivity contribution is 0.747. The van der Waals surface area contributed by atoms with E-state index < -0.39 is 0 Å². The number of nitrogens with zero attached hydrogens (tertiary/aromatic N) is 3. The highest BCUT2D eigenvalue weighted by molar-refractivity contribution is 4.87. The third kappa shape index (κ3) is 2.09. The van der Waals surface area contributed by atoms with E-state index in [2.05, 4.69) is 28.3 Å². The Kier molecular flexibility index (Phi) is 2.80. The summed E-state index contributed by atoms with van der Waals surface area (Å²) in [6, 6.07) is 0. The smallest absolute Gasteiger partial charge is 0.138 e. The summed E-state index contributed by atoms with van der Waals surface area (Å²) in [6.45, 7) is 2.14. The maximum atomic E-state index is 3.85. The van der Waals surface area contributed by atoms with E-state index in [9.17, 15) is 0 Å². The SMILES string of the molecule is CCCCc1[c]ncnn1. The highest BCUT2D eigenvalue weighted by Crippen LogP contribution is 1.96. The summed E-state index contributed by atoms with van der Waals surface area (Å²) in [5.74, 6) is 0. The van der Waals surface area contributed by atoms with Crippen molar-refractivity contribution in [2.45, 2.75) is 26.2 Å². The molecule has 53 valence electrons. The standard InChI is InChI=1S/C7H10N3/c1-2-3-4-7-5-8-6-9-10-7/h6H,2-4H2,1H3. The van der Waals surface area contributed by atoms with Crippen LogP contribution in [0.3, 0.4) is 0 Å². The van der Waals surface area contributed by atoms with Gasteiger partial charge in [-0.15, -0.1) is 5.10 Å². The molecule has 1 aromatic rings. The van der Waals surface area contributed by atoms with Crippen LogP contribution in [-0.4, -0.2) is 15.2 Å². The molecule has 3 nitrogen and oxygen atoms in total. The van der Waals surface area contributed by atoms with Gasteiger partial charge < -0.3 is 0 Å². The fraction of sp³-hybridized carbons (Fsp3) is 0.571. The molecule has 0 amide bonds. The van der Waals surface area contributed by atoms with Crippen molar-refractivity contribution in [2.24, 2.45) is 0 Å². The van der Waals surface area contributed by atoms with E-state index in [4.69, 9.17) is 0 Å². The summed E-state index contributed by atoms with van der Waals surface area (Å²) >= 11 is 0. The molecular weight excluding hydrogens is 126 g/mol. The lowest BCUT2D eigenvalue weighted by Gasteiger charge is -1.92. The summed E-state index contributed by atoms with van der Waals surface area (Å²) < 4.78 is 0. The van der Waals surface area contributed by atoms with Gasteiger partial charge in [-0.25, -0.2) is 4.98 Å². The van der Waals surface area contributed by atoms with E-state index in [0.717, 1.165) is 18.5 Å². The van der Waals surface area contributed by atoms with Gasteiger partial charge in [0.25, 0.3) is 0 Å². The molecule has 0 atom stereocenters. The van der Waals surface area contributed by atoms with Gasteiger partial charge in [0.1, 0.15) is 12.5 Å². The number of aryl methyl sites for hydroxylation is 1. The zero-order chi connectivity index (χ0) is 7.23. The van der Waals surface area contributed by atoms with Gasteiger partial charge in [0.05, 0.1) is 5.69 Å². The van der Waals surface area contributed by atoms with Gasteiger partial charge in [-0.2, -0.15) is 5.10 Å². The van der Waals surface area contributed by atoms with E-state index in [1.165, 1.54) is 12.7 Å². The van der Waals surface area contributed by atoms with Gasteiger partial charge in [0, 0.05) is 0 Å². The molecule has 1 rings (SSSR count). The number of hydrogen-bond donors (Lipinski definition) is 0. The number of rotatable bonds is 3. The zero-order valence-electron chi connectivity index (χ0n) is 6.04. The monoisotopic (exact) mass is 136 g/mol. The predicted molar refractivity (Wildman–Crippen MR) is 37.3 cm³/mol. The van der Waals surface area contributed by atoms with Gasteiger partial charge >= 0.3 is 0 Å². The lowest BCUT2D eigenvalue weighted by atomic mass is 10.2. The largest absolute Gasteiger partial charge is 0.231 e. The van der Waals surface area contributed by atoms with Crippen molar-refractivity contribution in [2.75, 3.05) is 0 Å². The Bertz CT molecular complexity index is 173. The van der Waals surface area contributed by atoms with Crippen LogP contribution in [0.15, 0.2) is 6.33 Å². The van der Waals surface area contributed by atoms with Crippen LogP contribution in [0.1, 0.15) is 25.5 Å². The molecular formula is C7H10N3. The third-order valence-corrected chi connectivity index (χ3v) is 1.25. The maximum Gasteiger partial charge on any atom is 0.138 e. The molecule has 0 saturated heterocycles. The summed E-state index contributed by atoms with van der Waals surface area (Å²) in [6.07, 6.45) is 7.43. The normalized spacial score (nSPS) is 9.70. The summed E-state index contributed by atoms with van der Waals surface area (Å²) in [7, 11) is 0. The number of unbranched alkanes of at least 4 members (excludes halogenated alkanes) is 1. The minimum absolute atomic E-state index is 0.865. The van der Waals surface area contributed by atoms with E-state index >= 15 is 0 Å². The van der Waals surface area contributed by atoms with Crippen molar-refractivity contribution < 1.29 is 0 Å². The van der Waals surface area contributed by atoms with Crippen molar-refractivity contribution in [3.05, 3.63) is 18.2 Å². The second-order valence-corrected chi connectivity index (χ2v) is 2.12. The van der Waals surface area contributed by atoms with Crippen LogP contribution in [0, 0.1) is 6.20 Å². The van der Waals surface area contributed by atoms with Crippen molar-refractivity contribution >= 4 is 0 Å². The van der Waals surface area contributed by atoms with E-state index in [-0.39, 0.29) is 0 Å². The minimum atomic E-state index is 0.865. The first kappa shape index (κ1) is 7.12. The maximum absolute atomic E-state index is 3.85. The molecule has 10 heavy (non-hydrogen) atoms. The average Bonchev–Trinajstić information content (AvgIpc) is 2.03. The first-order valence-corrected chi connectivity index (χ1v) is 3.47. The number of aromatic nitrogens is 3. The highest BCUT2D eigenvalue weighted by atomic mass is 15.1. The molecule has 1 radical (unpaired) electrons. The van der Waals surface area contributed by atoms with Crippen LogP contribution in [-0.2, 0) is 6.42 Å². The fourth-order valence-corrected chi connectivity index (χ4v) is 0.697. The van der Waals surface area contributed by atoms with Gasteiger partial charge in [-0.3, -0.25) is 0 Å². The van der Waals surface area contributed by atoms with Crippen LogP contribution in [0.5, 0.6) is 0 Å². The van der Waals surface area contributed by atoms with Crippen LogP contribution in [0.4, 0.5) is 0 Å². The van der Waals surface area contributed by atoms with E-state index in [1.54, 1.807) is 0 Å². The molecule has 0 fully saturated rings. The first-order chi connectivity index (χ1) is 4.93. The Balaban J connectivity index is 2.43. The molecule has 3 heteroatoms. The van der Waals surface area contributed by atoms with Crippen molar-refractivity contribution in [3.63, 3.8) is 0 Å². The number of hydrogen-bond acceptors (Lipinski definition) is 3. The van der Waals surface area contributed by atoms with Gasteiger partial charge in [-0.1, -0.05) is 13.3 Å². The van der Waals surface area contributed by atoms with Gasteiger partial charge in [0.15, 0.2) is 0 Å².